The van der Waals surface area contributed by atoms with Gasteiger partial charge in [-0.2, -0.15) is 0 Å². The van der Waals surface area contributed by atoms with Crippen molar-refractivity contribution in [1.82, 2.24) is 10.3 Å². The van der Waals surface area contributed by atoms with Gasteiger partial charge in [-0.15, -0.1) is 6.42 Å². The number of terminal acetylenes is 1. The molecule has 1 heterocycles. The van der Waals surface area contributed by atoms with Crippen LogP contribution < -0.4 is 10.2 Å². The molecule has 168 valence electrons. The number of carbonyl (C=O) groups excluding carboxylic acids is 2. The lowest BCUT2D eigenvalue weighted by Crippen LogP contribution is -2.43. The Bertz CT molecular complexity index is 1200. The summed E-state index contributed by atoms with van der Waals surface area (Å²) >= 11 is 0. The Labute approximate surface area is 191 Å². The molecule has 1 unspecified atom stereocenters. The van der Waals surface area contributed by atoms with Crippen molar-refractivity contribution in [3.05, 3.63) is 77.5 Å². The van der Waals surface area contributed by atoms with E-state index in [9.17, 15) is 19.8 Å². The van der Waals surface area contributed by atoms with Gasteiger partial charge in [0.05, 0.1) is 23.9 Å². The van der Waals surface area contributed by atoms with E-state index in [1.165, 1.54) is 37.6 Å². The molecule has 0 bridgehead atoms. The van der Waals surface area contributed by atoms with Crippen molar-refractivity contribution < 1.29 is 24.5 Å². The Morgan fingerprint density at radius 1 is 1.15 bits per heavy atom. The van der Waals surface area contributed by atoms with Crippen LogP contribution in [0.5, 0.6) is 11.5 Å². The highest BCUT2D eigenvalue weighted by molar-refractivity contribution is 6.01. The second-order valence-electron chi connectivity index (χ2n) is 7.20. The van der Waals surface area contributed by atoms with Gasteiger partial charge in [-0.1, -0.05) is 18.1 Å². The maximum Gasteiger partial charge on any atom is 0.328 e. The summed E-state index contributed by atoms with van der Waals surface area (Å²) in [4.78, 5) is 31.5. The van der Waals surface area contributed by atoms with Gasteiger partial charge in [-0.3, -0.25) is 4.79 Å². The molecule has 0 saturated heterocycles. The number of methoxy groups -OCH3 is 1. The minimum atomic E-state index is -0.958. The maximum absolute atomic E-state index is 13.2. The fourth-order valence-electron chi connectivity index (χ4n) is 3.33. The van der Waals surface area contributed by atoms with Crippen molar-refractivity contribution in [3.8, 4) is 23.8 Å². The van der Waals surface area contributed by atoms with Crippen molar-refractivity contribution in [2.45, 2.75) is 12.5 Å². The number of ether oxygens (including phenoxy) is 1. The predicted molar refractivity (Wildman–Crippen MR) is 123 cm³/mol. The summed E-state index contributed by atoms with van der Waals surface area (Å²) in [6.07, 6.45) is 7.28. The Balaban J connectivity index is 1.90. The first-order valence-electron chi connectivity index (χ1n) is 9.99. The fraction of sp³-hybridized carbons (Fsp3) is 0.160. The molecule has 8 heteroatoms. The van der Waals surface area contributed by atoms with Gasteiger partial charge in [0, 0.05) is 19.7 Å². The van der Waals surface area contributed by atoms with Crippen LogP contribution in [-0.4, -0.2) is 47.3 Å². The quantitative estimate of drug-likeness (QED) is 0.379. The maximum atomic E-state index is 13.2. The van der Waals surface area contributed by atoms with Crippen LogP contribution >= 0.6 is 0 Å². The number of hydrogen-bond acceptors (Lipinski definition) is 7. The molecule has 0 radical (unpaired) electrons. The average Bonchev–Trinajstić information content (AvgIpc) is 2.83. The monoisotopic (exact) mass is 445 g/mol. The number of nitrogens with zero attached hydrogens (tertiary/aromatic N) is 2. The lowest BCUT2D eigenvalue weighted by atomic mass is 10.0. The number of rotatable bonds is 7. The molecule has 0 aliphatic heterocycles. The molecule has 0 fully saturated rings. The summed E-state index contributed by atoms with van der Waals surface area (Å²) in [5.74, 6) is 1.81. The third-order valence-corrected chi connectivity index (χ3v) is 5.01. The first-order valence-corrected chi connectivity index (χ1v) is 9.99. The van der Waals surface area contributed by atoms with Crippen LogP contribution in [0.15, 0.2) is 60.8 Å². The van der Waals surface area contributed by atoms with Crippen LogP contribution in [0.4, 0.5) is 11.5 Å². The van der Waals surface area contributed by atoms with Crippen molar-refractivity contribution in [3.63, 3.8) is 0 Å². The van der Waals surface area contributed by atoms with Gasteiger partial charge in [0.1, 0.15) is 23.4 Å². The molecule has 1 atom stereocenters. The largest absolute Gasteiger partial charge is 0.508 e. The fourth-order valence-corrected chi connectivity index (χ4v) is 3.33. The van der Waals surface area contributed by atoms with E-state index in [1.54, 1.807) is 42.3 Å². The molecule has 3 N–H and O–H groups in total. The van der Waals surface area contributed by atoms with Gasteiger partial charge in [0.15, 0.2) is 0 Å². The van der Waals surface area contributed by atoms with E-state index < -0.39 is 17.9 Å². The molecule has 0 aliphatic carbocycles. The molecule has 3 aromatic rings. The summed E-state index contributed by atoms with van der Waals surface area (Å²) in [6.45, 7) is 0. The molecule has 3 rings (SSSR count). The number of aromatic hydroxyl groups is 2. The zero-order valence-corrected chi connectivity index (χ0v) is 18.1. The van der Waals surface area contributed by atoms with E-state index in [1.807, 2.05) is 0 Å². The predicted octanol–water partition coefficient (Wildman–Crippen LogP) is 2.76. The van der Waals surface area contributed by atoms with Gasteiger partial charge in [-0.05, 0) is 48.0 Å². The summed E-state index contributed by atoms with van der Waals surface area (Å²) in [5, 5.41) is 21.9. The smallest absolute Gasteiger partial charge is 0.328 e. The number of aromatic nitrogens is 1. The van der Waals surface area contributed by atoms with E-state index in [0.717, 1.165) is 5.56 Å². The molecule has 1 aromatic heterocycles. The molecule has 8 nitrogen and oxygen atoms in total. The first-order chi connectivity index (χ1) is 15.8. The zero-order chi connectivity index (χ0) is 24.0. The number of esters is 1. The van der Waals surface area contributed by atoms with Crippen LogP contribution in [0, 0.1) is 12.3 Å². The molecule has 33 heavy (non-hydrogen) atoms. The van der Waals surface area contributed by atoms with Crippen LogP contribution in [0.2, 0.25) is 0 Å². The summed E-state index contributed by atoms with van der Waals surface area (Å²) < 4.78 is 4.86. The molecular formula is C25H23N3O5. The highest BCUT2D eigenvalue weighted by Crippen LogP contribution is 2.30. The molecule has 0 saturated carbocycles. The van der Waals surface area contributed by atoms with Gasteiger partial charge in [0.25, 0.3) is 5.91 Å². The average molecular weight is 445 g/mol. The van der Waals surface area contributed by atoms with Crippen LogP contribution in [0.25, 0.3) is 0 Å². The van der Waals surface area contributed by atoms with Crippen LogP contribution in [-0.2, 0) is 16.0 Å². The topological polar surface area (TPSA) is 112 Å². The van der Waals surface area contributed by atoms with E-state index in [-0.39, 0.29) is 23.5 Å². The number of amides is 1. The number of benzene rings is 2. The SMILES string of the molecule is C#Cc1cc(O)ccc1N(C)c1ncccc1C(=O)NC(Cc1ccc(O)cc1)C(=O)OC. The summed E-state index contributed by atoms with van der Waals surface area (Å²) in [7, 11) is 2.94. The van der Waals surface area contributed by atoms with Crippen LogP contribution in [0.1, 0.15) is 21.5 Å². The third-order valence-electron chi connectivity index (χ3n) is 5.01. The number of pyridine rings is 1. The van der Waals surface area contributed by atoms with Gasteiger partial charge in [0.2, 0.25) is 0 Å². The highest BCUT2D eigenvalue weighted by Gasteiger charge is 2.25. The second kappa shape index (κ2) is 10.2. The summed E-state index contributed by atoms with van der Waals surface area (Å²) in [6, 6.07) is 13.1. The number of nitrogens with one attached hydrogen (secondary N) is 1. The molecular weight excluding hydrogens is 422 g/mol. The minimum Gasteiger partial charge on any atom is -0.508 e. The van der Waals surface area contributed by atoms with Crippen molar-refractivity contribution >= 4 is 23.4 Å². The number of phenolic OH excluding ortho intramolecular Hbond substituents is 2. The zero-order valence-electron chi connectivity index (χ0n) is 18.1. The number of carbonyl (C=O) groups is 2. The Morgan fingerprint density at radius 2 is 1.85 bits per heavy atom. The Kier molecular flexibility index (Phi) is 7.16. The van der Waals surface area contributed by atoms with E-state index in [4.69, 9.17) is 11.2 Å². The normalized spacial score (nSPS) is 11.2. The number of hydrogen-bond donors (Lipinski definition) is 3. The van der Waals surface area contributed by atoms with Crippen LogP contribution in [0.3, 0.4) is 0 Å². The van der Waals surface area contributed by atoms with Crippen molar-refractivity contribution in [2.24, 2.45) is 0 Å². The van der Waals surface area contributed by atoms with Crippen molar-refractivity contribution in [2.75, 3.05) is 19.1 Å². The summed E-state index contributed by atoms with van der Waals surface area (Å²) in [5.41, 5.74) is 1.94. The second-order valence-corrected chi connectivity index (χ2v) is 7.20. The van der Waals surface area contributed by atoms with Crippen molar-refractivity contribution in [1.29, 1.82) is 0 Å². The third kappa shape index (κ3) is 5.40. The van der Waals surface area contributed by atoms with E-state index in [2.05, 4.69) is 16.2 Å². The molecule has 2 aromatic carbocycles. The number of anilines is 2. The lowest BCUT2D eigenvalue weighted by molar-refractivity contribution is -0.142. The molecule has 0 spiro atoms. The van der Waals surface area contributed by atoms with Gasteiger partial charge >= 0.3 is 5.97 Å². The molecule has 0 aliphatic rings. The minimum absolute atomic E-state index is 0.0224. The van der Waals surface area contributed by atoms with E-state index >= 15 is 0 Å². The standard InChI is InChI=1S/C25H23N3O5/c1-4-17-15-19(30)11-12-22(17)28(2)23-20(6-5-13-26-23)24(31)27-21(25(32)33-3)14-16-7-9-18(29)10-8-16/h1,5-13,15,21,29-30H,14H2,2-3H3,(H,27,31). The van der Waals surface area contributed by atoms with E-state index in [0.29, 0.717) is 17.1 Å². The number of phenols is 2. The Morgan fingerprint density at radius 3 is 2.52 bits per heavy atom. The van der Waals surface area contributed by atoms with Gasteiger partial charge in [-0.25, -0.2) is 9.78 Å². The molecule has 1 amide bonds. The first kappa shape index (κ1) is 23.2. The highest BCUT2D eigenvalue weighted by atomic mass is 16.5. The lowest BCUT2D eigenvalue weighted by Gasteiger charge is -2.23. The van der Waals surface area contributed by atoms with Gasteiger partial charge < -0.3 is 25.2 Å². The Hall–Kier alpha value is -4.51.